The number of hydroxylamine groups is 1. The van der Waals surface area contributed by atoms with Gasteiger partial charge in [-0.05, 0) is 18.2 Å². The Hall–Kier alpha value is -1.23. The van der Waals surface area contributed by atoms with Crippen LogP contribution < -0.4 is 5.32 Å². The number of sulfonamides is 1. The molecule has 0 bridgehead atoms. The molecule has 0 aliphatic heterocycles. The normalized spacial score (nSPS) is 11.7. The SMILES string of the molecule is COCCOCCNC(=O)c1ccc(Cl)c(S(=O)(=O)N(C)OC)c1. The highest BCUT2D eigenvalue weighted by molar-refractivity contribution is 7.89. The van der Waals surface area contributed by atoms with Gasteiger partial charge in [0.25, 0.3) is 15.9 Å². The van der Waals surface area contributed by atoms with E-state index in [1.54, 1.807) is 7.11 Å². The molecule has 0 heterocycles. The van der Waals surface area contributed by atoms with Gasteiger partial charge in [0.15, 0.2) is 0 Å². The number of carbonyl (C=O) groups is 1. The third-order valence-corrected chi connectivity index (χ3v) is 5.19. The molecule has 1 N–H and O–H groups in total. The van der Waals surface area contributed by atoms with Crippen molar-refractivity contribution in [3.8, 4) is 0 Å². The number of methoxy groups -OCH3 is 1. The van der Waals surface area contributed by atoms with Crippen molar-refractivity contribution in [3.63, 3.8) is 0 Å². The zero-order valence-electron chi connectivity index (χ0n) is 13.7. The van der Waals surface area contributed by atoms with Gasteiger partial charge in [-0.25, -0.2) is 8.42 Å². The quantitative estimate of drug-likeness (QED) is 0.479. The van der Waals surface area contributed by atoms with Crippen molar-refractivity contribution in [2.24, 2.45) is 0 Å². The van der Waals surface area contributed by atoms with Gasteiger partial charge >= 0.3 is 0 Å². The number of carbonyl (C=O) groups excluding carboxylic acids is 1. The van der Waals surface area contributed by atoms with E-state index in [2.05, 4.69) is 5.32 Å². The molecule has 0 saturated heterocycles. The van der Waals surface area contributed by atoms with Crippen molar-refractivity contribution in [3.05, 3.63) is 28.8 Å². The fourth-order valence-electron chi connectivity index (χ4n) is 1.66. The minimum Gasteiger partial charge on any atom is -0.382 e. The first-order valence-corrected chi connectivity index (χ1v) is 8.84. The minimum atomic E-state index is -3.95. The second-order valence-electron chi connectivity index (χ2n) is 4.60. The summed E-state index contributed by atoms with van der Waals surface area (Å²) >= 11 is 5.94. The van der Waals surface area contributed by atoms with Crippen LogP contribution in [-0.4, -0.2) is 66.4 Å². The van der Waals surface area contributed by atoms with Crippen LogP contribution in [0.15, 0.2) is 23.1 Å². The highest BCUT2D eigenvalue weighted by Gasteiger charge is 2.25. The summed E-state index contributed by atoms with van der Waals surface area (Å²) in [6, 6.07) is 3.99. The van der Waals surface area contributed by atoms with Gasteiger partial charge in [0.1, 0.15) is 4.90 Å². The van der Waals surface area contributed by atoms with Crippen molar-refractivity contribution >= 4 is 27.5 Å². The predicted octanol–water partition coefficient (Wildman–Crippen LogP) is 0.915. The summed E-state index contributed by atoms with van der Waals surface area (Å²) in [6.45, 7) is 1.50. The van der Waals surface area contributed by atoms with Gasteiger partial charge in [-0.15, -0.1) is 0 Å². The highest BCUT2D eigenvalue weighted by Crippen LogP contribution is 2.25. The fraction of sp³-hybridized carbons (Fsp3) is 0.500. The summed E-state index contributed by atoms with van der Waals surface area (Å²) in [4.78, 5) is 16.6. The Morgan fingerprint density at radius 2 is 1.96 bits per heavy atom. The zero-order chi connectivity index (χ0) is 18.2. The molecule has 1 amide bonds. The van der Waals surface area contributed by atoms with Crippen LogP contribution in [-0.2, 0) is 24.3 Å². The average molecular weight is 381 g/mol. The van der Waals surface area contributed by atoms with Gasteiger partial charge in [0.05, 0.1) is 32.0 Å². The van der Waals surface area contributed by atoms with E-state index in [9.17, 15) is 13.2 Å². The predicted molar refractivity (Wildman–Crippen MR) is 88.4 cm³/mol. The fourth-order valence-corrected chi connectivity index (χ4v) is 3.14. The molecule has 24 heavy (non-hydrogen) atoms. The lowest BCUT2D eigenvalue weighted by Crippen LogP contribution is -2.29. The molecule has 0 atom stereocenters. The largest absolute Gasteiger partial charge is 0.382 e. The molecule has 8 nitrogen and oxygen atoms in total. The number of hydrogen-bond donors (Lipinski definition) is 1. The Morgan fingerprint density at radius 1 is 1.25 bits per heavy atom. The van der Waals surface area contributed by atoms with Crippen LogP contribution in [0.4, 0.5) is 0 Å². The molecule has 0 aliphatic carbocycles. The van der Waals surface area contributed by atoms with E-state index in [0.29, 0.717) is 24.3 Å². The van der Waals surface area contributed by atoms with Crippen LogP contribution in [0.1, 0.15) is 10.4 Å². The summed E-state index contributed by atoms with van der Waals surface area (Å²) < 4.78 is 35.3. The molecule has 1 aromatic rings. The Kier molecular flexibility index (Phi) is 8.60. The maximum Gasteiger partial charge on any atom is 0.266 e. The van der Waals surface area contributed by atoms with Crippen molar-refractivity contribution in [1.82, 2.24) is 9.79 Å². The lowest BCUT2D eigenvalue weighted by atomic mass is 10.2. The molecule has 10 heteroatoms. The van der Waals surface area contributed by atoms with E-state index >= 15 is 0 Å². The lowest BCUT2D eigenvalue weighted by Gasteiger charge is -2.15. The first kappa shape index (κ1) is 20.8. The third-order valence-electron chi connectivity index (χ3n) is 3.03. The van der Waals surface area contributed by atoms with E-state index in [4.69, 9.17) is 25.9 Å². The van der Waals surface area contributed by atoms with Gasteiger partial charge in [0, 0.05) is 26.3 Å². The van der Waals surface area contributed by atoms with Gasteiger partial charge in [0.2, 0.25) is 0 Å². The highest BCUT2D eigenvalue weighted by atomic mass is 35.5. The maximum atomic E-state index is 12.3. The molecule has 1 aromatic carbocycles. The molecule has 0 aromatic heterocycles. The Morgan fingerprint density at radius 3 is 2.58 bits per heavy atom. The summed E-state index contributed by atoms with van der Waals surface area (Å²) in [5.41, 5.74) is 0.166. The van der Waals surface area contributed by atoms with Crippen LogP contribution in [0.5, 0.6) is 0 Å². The van der Waals surface area contributed by atoms with E-state index in [-0.39, 0.29) is 22.0 Å². The van der Waals surface area contributed by atoms with Crippen LogP contribution in [0.3, 0.4) is 0 Å². The van der Waals surface area contributed by atoms with E-state index in [1.807, 2.05) is 0 Å². The van der Waals surface area contributed by atoms with Crippen LogP contribution in [0.25, 0.3) is 0 Å². The number of rotatable bonds is 10. The molecular formula is C14H21ClN2O6S. The Labute approximate surface area is 146 Å². The standard InChI is InChI=1S/C14H21ClN2O6S/c1-17(22-3)24(19,20)13-10-11(4-5-12(13)15)14(18)16-6-7-23-9-8-21-2/h4-5,10H,6-9H2,1-3H3,(H,16,18). The second kappa shape index (κ2) is 9.92. The molecule has 0 fully saturated rings. The van der Waals surface area contributed by atoms with Gasteiger partial charge in [-0.3, -0.25) is 9.63 Å². The van der Waals surface area contributed by atoms with Crippen molar-refractivity contribution in [1.29, 1.82) is 0 Å². The summed E-state index contributed by atoms with van der Waals surface area (Å²) in [5, 5.41) is 2.63. The topological polar surface area (TPSA) is 94.2 Å². The molecule has 136 valence electrons. The molecule has 0 spiro atoms. The number of nitrogens with one attached hydrogen (secondary N) is 1. The summed E-state index contributed by atoms with van der Waals surface area (Å²) in [5.74, 6) is -0.432. The number of halogens is 1. The van der Waals surface area contributed by atoms with Crippen LogP contribution in [0.2, 0.25) is 5.02 Å². The summed E-state index contributed by atoms with van der Waals surface area (Å²) in [7, 11) is 0.0630. The third kappa shape index (κ3) is 5.69. The van der Waals surface area contributed by atoms with Crippen molar-refractivity contribution in [2.45, 2.75) is 4.90 Å². The molecule has 0 aliphatic rings. The molecule has 0 radical (unpaired) electrons. The number of benzene rings is 1. The second-order valence-corrected chi connectivity index (χ2v) is 6.91. The molecule has 1 rings (SSSR count). The average Bonchev–Trinajstić information content (AvgIpc) is 2.57. The maximum absolute atomic E-state index is 12.3. The van der Waals surface area contributed by atoms with E-state index < -0.39 is 15.9 Å². The summed E-state index contributed by atoms with van der Waals surface area (Å²) in [6.07, 6.45) is 0. The van der Waals surface area contributed by atoms with Crippen LogP contribution >= 0.6 is 11.6 Å². The number of nitrogens with zero attached hydrogens (tertiary/aromatic N) is 1. The molecule has 0 saturated carbocycles. The van der Waals surface area contributed by atoms with E-state index in [0.717, 1.165) is 0 Å². The van der Waals surface area contributed by atoms with Gasteiger partial charge in [-0.2, -0.15) is 0 Å². The van der Waals surface area contributed by atoms with Gasteiger partial charge < -0.3 is 14.8 Å². The number of amides is 1. The van der Waals surface area contributed by atoms with Gasteiger partial charge in [-0.1, -0.05) is 16.1 Å². The molecule has 0 unspecified atom stereocenters. The van der Waals surface area contributed by atoms with E-state index in [1.165, 1.54) is 32.4 Å². The first-order valence-electron chi connectivity index (χ1n) is 7.02. The number of ether oxygens (including phenoxy) is 2. The van der Waals surface area contributed by atoms with Crippen LogP contribution in [0, 0.1) is 0 Å². The Balaban J connectivity index is 2.77. The van der Waals surface area contributed by atoms with Crippen molar-refractivity contribution in [2.75, 3.05) is 47.6 Å². The minimum absolute atomic E-state index is 0.00153. The molecular weight excluding hydrogens is 360 g/mol. The van der Waals surface area contributed by atoms with Crippen molar-refractivity contribution < 1.29 is 27.5 Å². The zero-order valence-corrected chi connectivity index (χ0v) is 15.3. The smallest absolute Gasteiger partial charge is 0.266 e. The Bertz CT molecular complexity index is 653. The first-order chi connectivity index (χ1) is 11.3. The monoisotopic (exact) mass is 380 g/mol. The number of hydrogen-bond acceptors (Lipinski definition) is 6. The lowest BCUT2D eigenvalue weighted by molar-refractivity contribution is -0.0258.